The lowest BCUT2D eigenvalue weighted by Gasteiger charge is -2.10. The maximum absolute atomic E-state index is 10.4. The van der Waals surface area contributed by atoms with Gasteiger partial charge >= 0.3 is 0 Å². The van der Waals surface area contributed by atoms with E-state index in [0.29, 0.717) is 0 Å². The third-order valence-electron chi connectivity index (χ3n) is 3.57. The molecule has 0 bridgehead atoms. The van der Waals surface area contributed by atoms with E-state index in [0.717, 1.165) is 16.9 Å². The molecule has 1 heterocycles. The monoisotopic (exact) mass is 274 g/mol. The molecule has 102 valence electrons. The number of aliphatic hydroxyl groups excluding tert-OH is 1. The fraction of sp³-hybridized carbons (Fsp3) is 0.412. The van der Waals surface area contributed by atoms with Crippen molar-refractivity contribution in [2.45, 2.75) is 46.1 Å². The molecule has 2 aromatic rings. The molecule has 1 atom stereocenters. The van der Waals surface area contributed by atoms with Gasteiger partial charge in [-0.1, -0.05) is 37.6 Å². The highest BCUT2D eigenvalue weighted by atomic mass is 32.1. The van der Waals surface area contributed by atoms with Crippen LogP contribution in [0.1, 0.15) is 52.3 Å². The van der Waals surface area contributed by atoms with Gasteiger partial charge in [0.05, 0.1) is 0 Å². The minimum absolute atomic E-state index is 0.488. The predicted octanol–water partition coefficient (Wildman–Crippen LogP) is 4.79. The van der Waals surface area contributed by atoms with Gasteiger partial charge in [-0.25, -0.2) is 0 Å². The number of hydrogen-bond acceptors (Lipinski definition) is 2. The van der Waals surface area contributed by atoms with Crippen molar-refractivity contribution in [2.24, 2.45) is 0 Å². The van der Waals surface area contributed by atoms with Gasteiger partial charge in [0.25, 0.3) is 0 Å². The lowest BCUT2D eigenvalue weighted by molar-refractivity contribution is 0.224. The molecule has 1 N–H and O–H groups in total. The normalized spacial score (nSPS) is 12.6. The van der Waals surface area contributed by atoms with Gasteiger partial charge in [0.2, 0.25) is 0 Å². The van der Waals surface area contributed by atoms with E-state index in [4.69, 9.17) is 0 Å². The largest absolute Gasteiger partial charge is 0.383 e. The van der Waals surface area contributed by atoms with E-state index in [1.807, 2.05) is 0 Å². The van der Waals surface area contributed by atoms with Crippen LogP contribution in [-0.2, 0) is 6.42 Å². The van der Waals surface area contributed by atoms with Crippen LogP contribution in [0.15, 0.2) is 30.3 Å². The van der Waals surface area contributed by atoms with E-state index in [2.05, 4.69) is 51.1 Å². The van der Waals surface area contributed by atoms with Crippen molar-refractivity contribution in [3.8, 4) is 0 Å². The van der Waals surface area contributed by atoms with Crippen LogP contribution >= 0.6 is 11.3 Å². The summed E-state index contributed by atoms with van der Waals surface area (Å²) < 4.78 is 0. The molecule has 0 fully saturated rings. The second-order valence-electron chi connectivity index (χ2n) is 5.14. The average Bonchev–Trinajstić information content (AvgIpc) is 2.76. The molecule has 1 nitrogen and oxygen atoms in total. The van der Waals surface area contributed by atoms with E-state index in [-0.39, 0.29) is 0 Å². The number of rotatable bonds is 5. The summed E-state index contributed by atoms with van der Waals surface area (Å²) >= 11 is 1.69. The molecule has 1 unspecified atom stereocenters. The maximum Gasteiger partial charge on any atom is 0.113 e. The van der Waals surface area contributed by atoms with Crippen molar-refractivity contribution in [1.29, 1.82) is 0 Å². The van der Waals surface area contributed by atoms with E-state index < -0.39 is 6.10 Å². The molecular formula is C17H22OS. The quantitative estimate of drug-likeness (QED) is 0.831. The predicted molar refractivity (Wildman–Crippen MR) is 82.9 cm³/mol. The molecule has 0 aliphatic rings. The standard InChI is InChI=1S/C17H22OS/c1-4-5-6-14-7-9-15(10-8-14)17(18)16-11-12(2)13(3)19-16/h7-11,17-18H,4-6H2,1-3H3. The third-order valence-corrected chi connectivity index (χ3v) is 4.77. The third kappa shape index (κ3) is 3.46. The zero-order valence-electron chi connectivity index (χ0n) is 11.9. The highest BCUT2D eigenvalue weighted by Gasteiger charge is 2.13. The first-order valence-corrected chi connectivity index (χ1v) is 7.77. The molecule has 0 radical (unpaired) electrons. The zero-order valence-corrected chi connectivity index (χ0v) is 12.8. The van der Waals surface area contributed by atoms with Crippen LogP contribution in [0.4, 0.5) is 0 Å². The summed E-state index contributed by atoms with van der Waals surface area (Å²) in [4.78, 5) is 2.32. The van der Waals surface area contributed by atoms with E-state index in [1.54, 1.807) is 11.3 Å². The fourth-order valence-electron chi connectivity index (χ4n) is 2.15. The summed E-state index contributed by atoms with van der Waals surface area (Å²) in [6.07, 6.45) is 3.09. The lowest BCUT2D eigenvalue weighted by Crippen LogP contribution is -1.97. The Balaban J connectivity index is 2.13. The van der Waals surface area contributed by atoms with Crippen molar-refractivity contribution in [1.82, 2.24) is 0 Å². The van der Waals surface area contributed by atoms with Crippen LogP contribution in [0, 0.1) is 13.8 Å². The lowest BCUT2D eigenvalue weighted by atomic mass is 10.0. The van der Waals surface area contributed by atoms with E-state index >= 15 is 0 Å². The maximum atomic E-state index is 10.4. The first-order chi connectivity index (χ1) is 9.11. The number of hydrogen-bond donors (Lipinski definition) is 1. The summed E-state index contributed by atoms with van der Waals surface area (Å²) in [5.74, 6) is 0. The first kappa shape index (κ1) is 14.3. The van der Waals surface area contributed by atoms with Crippen LogP contribution in [0.25, 0.3) is 0 Å². The molecule has 0 aliphatic carbocycles. The summed E-state index contributed by atoms with van der Waals surface area (Å²) in [5.41, 5.74) is 3.61. The highest BCUT2D eigenvalue weighted by molar-refractivity contribution is 7.12. The molecule has 0 spiro atoms. The van der Waals surface area contributed by atoms with Crippen molar-refractivity contribution < 1.29 is 5.11 Å². The number of aryl methyl sites for hydroxylation is 3. The van der Waals surface area contributed by atoms with Crippen LogP contribution in [-0.4, -0.2) is 5.11 Å². The summed E-state index contributed by atoms with van der Waals surface area (Å²) in [5, 5.41) is 10.4. The summed E-state index contributed by atoms with van der Waals surface area (Å²) in [7, 11) is 0. The molecule has 1 aromatic heterocycles. The molecule has 2 heteroatoms. The number of thiophene rings is 1. The van der Waals surface area contributed by atoms with E-state index in [9.17, 15) is 5.11 Å². The van der Waals surface area contributed by atoms with Crippen molar-refractivity contribution in [3.05, 3.63) is 56.8 Å². The van der Waals surface area contributed by atoms with Crippen LogP contribution in [0.5, 0.6) is 0 Å². The zero-order chi connectivity index (χ0) is 13.8. The smallest absolute Gasteiger partial charge is 0.113 e. The van der Waals surface area contributed by atoms with Crippen molar-refractivity contribution in [3.63, 3.8) is 0 Å². The topological polar surface area (TPSA) is 20.2 Å². The number of aliphatic hydroxyl groups is 1. The van der Waals surface area contributed by atoms with Gasteiger partial charge in [-0.2, -0.15) is 0 Å². The molecular weight excluding hydrogens is 252 g/mol. The second kappa shape index (κ2) is 6.36. The van der Waals surface area contributed by atoms with Gasteiger partial charge in [-0.3, -0.25) is 0 Å². The second-order valence-corrected chi connectivity index (χ2v) is 6.42. The van der Waals surface area contributed by atoms with Gasteiger partial charge in [-0.05, 0) is 49.4 Å². The van der Waals surface area contributed by atoms with E-state index in [1.165, 1.54) is 28.8 Å². The molecule has 2 rings (SSSR count). The number of unbranched alkanes of at least 4 members (excludes halogenated alkanes) is 1. The molecule has 1 aromatic carbocycles. The Hall–Kier alpha value is -1.12. The van der Waals surface area contributed by atoms with Crippen LogP contribution < -0.4 is 0 Å². The van der Waals surface area contributed by atoms with Gasteiger partial charge in [-0.15, -0.1) is 11.3 Å². The summed E-state index contributed by atoms with van der Waals surface area (Å²) in [6, 6.07) is 10.5. The Kier molecular flexibility index (Phi) is 4.78. The first-order valence-electron chi connectivity index (χ1n) is 6.95. The SMILES string of the molecule is CCCCc1ccc(C(O)c2cc(C)c(C)s2)cc1. The molecule has 0 amide bonds. The minimum Gasteiger partial charge on any atom is -0.383 e. The highest BCUT2D eigenvalue weighted by Crippen LogP contribution is 2.30. The van der Waals surface area contributed by atoms with Crippen LogP contribution in [0.3, 0.4) is 0 Å². The fourth-order valence-corrected chi connectivity index (χ4v) is 3.21. The Labute approximate surface area is 119 Å². The Morgan fingerprint density at radius 3 is 2.37 bits per heavy atom. The Morgan fingerprint density at radius 2 is 1.84 bits per heavy atom. The molecule has 0 aliphatic heterocycles. The Morgan fingerprint density at radius 1 is 1.16 bits per heavy atom. The van der Waals surface area contributed by atoms with Crippen molar-refractivity contribution >= 4 is 11.3 Å². The molecule has 0 saturated heterocycles. The Bertz CT molecular complexity index is 505. The van der Waals surface area contributed by atoms with Gasteiger partial charge in [0.15, 0.2) is 0 Å². The van der Waals surface area contributed by atoms with Crippen molar-refractivity contribution in [2.75, 3.05) is 0 Å². The minimum atomic E-state index is -0.488. The summed E-state index contributed by atoms with van der Waals surface area (Å²) in [6.45, 7) is 6.40. The average molecular weight is 274 g/mol. The van der Waals surface area contributed by atoms with Gasteiger partial charge < -0.3 is 5.11 Å². The van der Waals surface area contributed by atoms with Gasteiger partial charge in [0.1, 0.15) is 6.10 Å². The number of benzene rings is 1. The van der Waals surface area contributed by atoms with Crippen LogP contribution in [0.2, 0.25) is 0 Å². The van der Waals surface area contributed by atoms with Gasteiger partial charge in [0, 0.05) is 9.75 Å². The molecule has 0 saturated carbocycles. The molecule has 19 heavy (non-hydrogen) atoms.